The van der Waals surface area contributed by atoms with Crippen molar-refractivity contribution in [1.29, 1.82) is 0 Å². The lowest BCUT2D eigenvalue weighted by Gasteiger charge is -2.06. The van der Waals surface area contributed by atoms with Crippen LogP contribution in [0.2, 0.25) is 0 Å². The van der Waals surface area contributed by atoms with Gasteiger partial charge in [-0.15, -0.1) is 0 Å². The average molecular weight is 218 g/mol. The summed E-state index contributed by atoms with van der Waals surface area (Å²) in [6, 6.07) is 1.44. The number of aryl methyl sites for hydroxylation is 1. The molecule has 0 heterocycles. The minimum Gasteiger partial charge on any atom is -0.504 e. The molecule has 3 nitrogen and oxygen atoms in total. The van der Waals surface area contributed by atoms with Crippen molar-refractivity contribution in [2.75, 3.05) is 5.73 Å². The Kier molecular flexibility index (Phi) is 1.95. The van der Waals surface area contributed by atoms with Crippen LogP contribution in [0.1, 0.15) is 5.56 Å². The zero-order valence-corrected chi connectivity index (χ0v) is 7.51. The quantitative estimate of drug-likeness (QED) is 0.459. The fourth-order valence-electron chi connectivity index (χ4n) is 0.791. The third kappa shape index (κ3) is 1.26. The number of phenols is 2. The van der Waals surface area contributed by atoms with E-state index in [1.165, 1.54) is 6.07 Å². The van der Waals surface area contributed by atoms with Crippen LogP contribution in [-0.4, -0.2) is 10.2 Å². The number of benzene rings is 1. The number of hydrogen-bond acceptors (Lipinski definition) is 3. The van der Waals surface area contributed by atoms with E-state index in [-0.39, 0.29) is 17.2 Å². The summed E-state index contributed by atoms with van der Waals surface area (Å²) in [6.45, 7) is 1.78. The summed E-state index contributed by atoms with van der Waals surface area (Å²) in [5, 5.41) is 18.2. The molecule has 0 spiro atoms. The summed E-state index contributed by atoms with van der Waals surface area (Å²) in [7, 11) is 0. The summed E-state index contributed by atoms with van der Waals surface area (Å²) in [6.07, 6.45) is 0. The highest BCUT2D eigenvalue weighted by Crippen LogP contribution is 2.38. The standard InChI is InChI=1S/C7H8BrNO2/c1-3-2-4(10)7(11)6(9)5(3)8/h2,10-11H,9H2,1H3. The molecule has 0 bridgehead atoms. The number of nitrogen functional groups attached to an aromatic ring is 1. The number of rotatable bonds is 0. The minimum absolute atomic E-state index is 0.169. The second kappa shape index (κ2) is 2.62. The Morgan fingerprint density at radius 3 is 2.55 bits per heavy atom. The van der Waals surface area contributed by atoms with Gasteiger partial charge >= 0.3 is 0 Å². The highest BCUT2D eigenvalue weighted by Gasteiger charge is 2.09. The highest BCUT2D eigenvalue weighted by molar-refractivity contribution is 9.10. The van der Waals surface area contributed by atoms with Crippen LogP contribution in [0, 0.1) is 6.92 Å². The molecule has 0 saturated heterocycles. The Labute approximate surface area is 72.6 Å². The van der Waals surface area contributed by atoms with Crippen LogP contribution >= 0.6 is 15.9 Å². The average Bonchev–Trinajstić information content (AvgIpc) is 1.97. The Morgan fingerprint density at radius 1 is 1.45 bits per heavy atom. The zero-order chi connectivity index (χ0) is 8.59. The number of nitrogens with two attached hydrogens (primary N) is 1. The van der Waals surface area contributed by atoms with E-state index in [0.29, 0.717) is 4.47 Å². The minimum atomic E-state index is -0.275. The van der Waals surface area contributed by atoms with E-state index in [9.17, 15) is 0 Å². The summed E-state index contributed by atoms with van der Waals surface area (Å²) >= 11 is 3.17. The van der Waals surface area contributed by atoms with E-state index in [1.54, 1.807) is 6.92 Å². The molecule has 0 aliphatic heterocycles. The topological polar surface area (TPSA) is 66.5 Å². The van der Waals surface area contributed by atoms with Gasteiger partial charge in [0.2, 0.25) is 0 Å². The van der Waals surface area contributed by atoms with Gasteiger partial charge in [0.15, 0.2) is 11.5 Å². The van der Waals surface area contributed by atoms with Gasteiger partial charge in [-0.3, -0.25) is 0 Å². The molecule has 60 valence electrons. The molecule has 0 aliphatic carbocycles. The summed E-state index contributed by atoms with van der Waals surface area (Å²) in [5.74, 6) is -0.467. The largest absolute Gasteiger partial charge is 0.504 e. The van der Waals surface area contributed by atoms with Gasteiger partial charge in [-0.25, -0.2) is 0 Å². The van der Waals surface area contributed by atoms with Crippen LogP contribution in [-0.2, 0) is 0 Å². The second-order valence-corrected chi connectivity index (χ2v) is 3.08. The van der Waals surface area contributed by atoms with E-state index in [2.05, 4.69) is 15.9 Å². The summed E-state index contributed by atoms with van der Waals surface area (Å²) < 4.78 is 0.618. The van der Waals surface area contributed by atoms with Gasteiger partial charge in [-0.1, -0.05) is 0 Å². The lowest BCUT2D eigenvalue weighted by Crippen LogP contribution is -1.89. The van der Waals surface area contributed by atoms with Crippen molar-refractivity contribution in [3.63, 3.8) is 0 Å². The predicted octanol–water partition coefficient (Wildman–Crippen LogP) is 1.75. The smallest absolute Gasteiger partial charge is 0.182 e. The molecule has 0 saturated carbocycles. The lowest BCUT2D eigenvalue weighted by molar-refractivity contribution is 0.405. The predicted molar refractivity (Wildman–Crippen MR) is 46.6 cm³/mol. The first-order chi connectivity index (χ1) is 5.04. The Balaban J connectivity index is 3.46. The fraction of sp³-hybridized carbons (Fsp3) is 0.143. The van der Waals surface area contributed by atoms with Crippen molar-refractivity contribution in [1.82, 2.24) is 0 Å². The van der Waals surface area contributed by atoms with E-state index in [1.807, 2.05) is 0 Å². The van der Waals surface area contributed by atoms with Crippen molar-refractivity contribution in [3.8, 4) is 11.5 Å². The van der Waals surface area contributed by atoms with Crippen molar-refractivity contribution in [2.45, 2.75) is 6.92 Å². The van der Waals surface area contributed by atoms with Gasteiger partial charge in [-0.05, 0) is 34.5 Å². The first-order valence-electron chi connectivity index (χ1n) is 3.00. The maximum atomic E-state index is 9.11. The molecular formula is C7H8BrNO2. The summed E-state index contributed by atoms with van der Waals surface area (Å²) in [5.41, 5.74) is 6.39. The Bertz CT molecular complexity index is 273. The Morgan fingerprint density at radius 2 is 2.00 bits per heavy atom. The van der Waals surface area contributed by atoms with Crippen molar-refractivity contribution in [3.05, 3.63) is 16.1 Å². The first-order valence-corrected chi connectivity index (χ1v) is 3.80. The van der Waals surface area contributed by atoms with Gasteiger partial charge in [0, 0.05) is 4.47 Å². The van der Waals surface area contributed by atoms with Gasteiger partial charge in [0.05, 0.1) is 5.69 Å². The number of aromatic hydroxyl groups is 2. The van der Waals surface area contributed by atoms with Crippen LogP contribution in [0.4, 0.5) is 5.69 Å². The van der Waals surface area contributed by atoms with Crippen molar-refractivity contribution in [2.24, 2.45) is 0 Å². The molecule has 1 aromatic carbocycles. The monoisotopic (exact) mass is 217 g/mol. The maximum absolute atomic E-state index is 9.11. The molecule has 0 radical (unpaired) electrons. The molecule has 0 fully saturated rings. The zero-order valence-electron chi connectivity index (χ0n) is 5.93. The van der Waals surface area contributed by atoms with Crippen molar-refractivity contribution < 1.29 is 10.2 Å². The molecule has 11 heavy (non-hydrogen) atoms. The number of phenolic OH excluding ortho intramolecular Hbond substituents is 2. The van der Waals surface area contributed by atoms with Gasteiger partial charge in [-0.2, -0.15) is 0 Å². The molecule has 0 aromatic heterocycles. The molecule has 0 amide bonds. The molecule has 4 heteroatoms. The molecule has 4 N–H and O–H groups in total. The number of anilines is 1. The molecule has 1 rings (SSSR count). The second-order valence-electron chi connectivity index (χ2n) is 2.29. The van der Waals surface area contributed by atoms with E-state index < -0.39 is 0 Å². The third-order valence-electron chi connectivity index (χ3n) is 1.43. The van der Waals surface area contributed by atoms with Gasteiger partial charge in [0.1, 0.15) is 0 Å². The SMILES string of the molecule is Cc1cc(O)c(O)c(N)c1Br. The molecule has 1 aromatic rings. The van der Waals surface area contributed by atoms with Gasteiger partial charge in [0.25, 0.3) is 0 Å². The fourth-order valence-corrected chi connectivity index (χ4v) is 1.09. The normalized spacial score (nSPS) is 10.0. The van der Waals surface area contributed by atoms with Crippen LogP contribution in [0.3, 0.4) is 0 Å². The number of hydrogen-bond donors (Lipinski definition) is 3. The molecule has 0 unspecified atom stereocenters. The van der Waals surface area contributed by atoms with Crippen LogP contribution < -0.4 is 5.73 Å². The van der Waals surface area contributed by atoms with E-state index >= 15 is 0 Å². The highest BCUT2D eigenvalue weighted by atomic mass is 79.9. The number of halogens is 1. The van der Waals surface area contributed by atoms with E-state index in [4.69, 9.17) is 15.9 Å². The third-order valence-corrected chi connectivity index (χ3v) is 2.49. The van der Waals surface area contributed by atoms with Crippen molar-refractivity contribution >= 4 is 21.6 Å². The lowest BCUT2D eigenvalue weighted by atomic mass is 10.2. The maximum Gasteiger partial charge on any atom is 0.182 e. The molecule has 0 aliphatic rings. The van der Waals surface area contributed by atoms with Crippen LogP contribution in [0.25, 0.3) is 0 Å². The van der Waals surface area contributed by atoms with Gasteiger partial charge < -0.3 is 15.9 Å². The van der Waals surface area contributed by atoms with Crippen LogP contribution in [0.5, 0.6) is 11.5 Å². The Hall–Kier alpha value is -0.900. The first kappa shape index (κ1) is 8.20. The summed E-state index contributed by atoms with van der Waals surface area (Å²) in [4.78, 5) is 0. The van der Waals surface area contributed by atoms with E-state index in [0.717, 1.165) is 5.56 Å². The van der Waals surface area contributed by atoms with Crippen LogP contribution in [0.15, 0.2) is 10.5 Å². The molecular weight excluding hydrogens is 210 g/mol. The molecule has 0 atom stereocenters.